The molecule has 1 unspecified atom stereocenters. The van der Waals surface area contributed by atoms with E-state index >= 15 is 0 Å². The minimum atomic E-state index is -3.76. The summed E-state index contributed by atoms with van der Waals surface area (Å²) in [5.74, 6) is -6.54. The smallest absolute Gasteiger partial charge is 0.327 e. The number of nitrogens with zero attached hydrogens (tertiary/aromatic N) is 3. The second-order valence-corrected chi connectivity index (χ2v) is 9.60. The van der Waals surface area contributed by atoms with Gasteiger partial charge in [-0.2, -0.15) is 8.78 Å². The number of rotatable bonds is 12. The zero-order valence-corrected chi connectivity index (χ0v) is 21.7. The summed E-state index contributed by atoms with van der Waals surface area (Å²) >= 11 is 0. The number of amides is 3. The number of carbonyl (C=O) groups excluding carboxylic acids is 3. The van der Waals surface area contributed by atoms with Gasteiger partial charge in [0.15, 0.2) is 5.96 Å². The van der Waals surface area contributed by atoms with Crippen LogP contribution < -0.4 is 11.5 Å². The van der Waals surface area contributed by atoms with Crippen LogP contribution in [0.2, 0.25) is 0 Å². The van der Waals surface area contributed by atoms with Gasteiger partial charge >= 0.3 is 12.0 Å². The zero-order chi connectivity index (χ0) is 28.5. The van der Waals surface area contributed by atoms with Gasteiger partial charge in [0, 0.05) is 33.9 Å². The molecule has 1 aromatic carbocycles. The summed E-state index contributed by atoms with van der Waals surface area (Å²) in [6.07, 6.45) is 0.500. The second kappa shape index (κ2) is 13.5. The van der Waals surface area contributed by atoms with Crippen molar-refractivity contribution in [1.29, 1.82) is 5.41 Å². The molecule has 1 heterocycles. The van der Waals surface area contributed by atoms with Crippen LogP contribution in [0.5, 0.6) is 0 Å². The van der Waals surface area contributed by atoms with Crippen molar-refractivity contribution in [3.8, 4) is 0 Å². The van der Waals surface area contributed by atoms with Crippen LogP contribution in [-0.2, 0) is 16.0 Å². The van der Waals surface area contributed by atoms with Gasteiger partial charge in [0.1, 0.15) is 6.04 Å². The molecule has 1 saturated heterocycles. The van der Waals surface area contributed by atoms with Gasteiger partial charge in [-0.25, -0.2) is 4.79 Å². The van der Waals surface area contributed by atoms with Crippen molar-refractivity contribution in [2.24, 2.45) is 11.5 Å². The molecule has 206 valence electrons. The van der Waals surface area contributed by atoms with Gasteiger partial charge in [-0.1, -0.05) is 37.3 Å². The molecule has 0 aromatic heterocycles. The lowest BCUT2D eigenvalue weighted by molar-refractivity contribution is -0.153. The van der Waals surface area contributed by atoms with Crippen LogP contribution in [0, 0.1) is 5.41 Å². The van der Waals surface area contributed by atoms with Crippen LogP contribution in [0.15, 0.2) is 30.3 Å². The molecule has 3 atom stereocenters. The maximum absolute atomic E-state index is 15.0. The molecule has 1 aliphatic heterocycles. The fraction of sp³-hybridized carbons (Fsp3) is 0.615. The highest BCUT2D eigenvalue weighted by molar-refractivity contribution is 6.03. The molecule has 0 saturated carbocycles. The molecule has 9 nitrogen and oxygen atoms in total. The Balaban J connectivity index is 2.46. The van der Waals surface area contributed by atoms with Gasteiger partial charge in [0.05, 0.1) is 6.04 Å². The first-order valence-corrected chi connectivity index (χ1v) is 12.7. The maximum Gasteiger partial charge on any atom is 0.327 e. The van der Waals surface area contributed by atoms with Crippen molar-refractivity contribution in [2.75, 3.05) is 20.1 Å². The van der Waals surface area contributed by atoms with E-state index in [4.69, 9.17) is 18.2 Å². The van der Waals surface area contributed by atoms with E-state index in [-0.39, 0.29) is 51.3 Å². The lowest BCUT2D eigenvalue weighted by Crippen LogP contribution is -2.60. The Morgan fingerprint density at radius 3 is 2.51 bits per heavy atom. The van der Waals surface area contributed by atoms with Crippen LogP contribution in [0.3, 0.4) is 0 Å². The summed E-state index contributed by atoms with van der Waals surface area (Å²) in [6.45, 7) is 3.68. The molecular formula is C26H40F2N6O3. The summed E-state index contributed by atoms with van der Waals surface area (Å²) < 4.78 is 37.5. The molecule has 0 spiro atoms. The third-order valence-corrected chi connectivity index (χ3v) is 6.64. The van der Waals surface area contributed by atoms with E-state index in [1.807, 2.05) is 0 Å². The molecule has 3 amide bonds. The first-order chi connectivity index (χ1) is 17.9. The van der Waals surface area contributed by atoms with E-state index in [2.05, 4.69) is 0 Å². The van der Waals surface area contributed by atoms with Gasteiger partial charge < -0.3 is 21.3 Å². The maximum atomic E-state index is 15.0. The second-order valence-electron chi connectivity index (χ2n) is 9.60. The van der Waals surface area contributed by atoms with E-state index in [0.29, 0.717) is 24.3 Å². The number of imide groups is 1. The molecule has 1 aliphatic rings. The summed E-state index contributed by atoms with van der Waals surface area (Å²) in [6, 6.07) is 4.83. The number of alkyl halides is 2. The molecule has 37 heavy (non-hydrogen) atoms. The SMILES string of the molecule is [2H]CN(CCCC(C(=O)C(F)(F)CCC)N(C(=O)[C@@H](N)Cc1ccccc1)C(=O)N1CCC[C@H]1C)C(=N)N. The number of halogens is 2. The highest BCUT2D eigenvalue weighted by atomic mass is 19.3. The Bertz CT molecular complexity index is 968. The number of Topliss-reactive ketones (excluding diaryl/α,β-unsaturated/α-hetero) is 1. The molecular weight excluding hydrogens is 482 g/mol. The third kappa shape index (κ3) is 7.95. The van der Waals surface area contributed by atoms with Crippen LogP contribution in [0.25, 0.3) is 0 Å². The van der Waals surface area contributed by atoms with Gasteiger partial charge in [0.2, 0.25) is 11.7 Å². The standard InChI is InChI=1S/C26H40F2N6O3/c1-4-14-26(27,28)22(35)21(13-9-15-32(3)24(30)31)34(25(37)33-16-8-10-18(33)2)23(36)20(29)17-19-11-6-5-7-12-19/h5-7,11-12,18,20-21H,4,8-10,13-17,29H2,1-3H3,(H3,30,31)/t18-,20+,21?/m1/s1/i3D. The average Bonchev–Trinajstić information content (AvgIpc) is 3.31. The number of likely N-dealkylation sites (tertiary alicyclic amines) is 1. The molecule has 5 N–H and O–H groups in total. The molecule has 2 rings (SSSR count). The minimum Gasteiger partial charge on any atom is -0.370 e. The van der Waals surface area contributed by atoms with Gasteiger partial charge in [0.25, 0.3) is 0 Å². The lowest BCUT2D eigenvalue weighted by atomic mass is 9.95. The Morgan fingerprint density at radius 1 is 1.30 bits per heavy atom. The summed E-state index contributed by atoms with van der Waals surface area (Å²) in [4.78, 5) is 44.0. The minimum absolute atomic E-state index is 0.0222. The van der Waals surface area contributed by atoms with Crippen molar-refractivity contribution in [3.05, 3.63) is 35.9 Å². The third-order valence-electron chi connectivity index (χ3n) is 6.64. The van der Waals surface area contributed by atoms with Crippen LogP contribution >= 0.6 is 0 Å². The average molecular weight is 524 g/mol. The topological polar surface area (TPSA) is 137 Å². The van der Waals surface area contributed by atoms with Crippen LogP contribution in [0.1, 0.15) is 59.3 Å². The number of hydrogen-bond acceptors (Lipinski definition) is 5. The first-order valence-electron chi connectivity index (χ1n) is 13.4. The Morgan fingerprint density at radius 2 is 1.97 bits per heavy atom. The predicted molar refractivity (Wildman–Crippen MR) is 138 cm³/mol. The Kier molecular flexibility index (Phi) is 10.4. The number of guanidine groups is 1. The van der Waals surface area contributed by atoms with Crippen LogP contribution in [0.4, 0.5) is 13.6 Å². The van der Waals surface area contributed by atoms with E-state index in [9.17, 15) is 23.2 Å². The molecule has 1 fully saturated rings. The van der Waals surface area contributed by atoms with Gasteiger partial charge in [-0.05, 0) is 51.0 Å². The van der Waals surface area contributed by atoms with E-state index in [1.165, 1.54) is 16.7 Å². The number of ketones is 1. The van der Waals surface area contributed by atoms with Crippen LogP contribution in [-0.4, -0.2) is 82.5 Å². The zero-order valence-electron chi connectivity index (χ0n) is 22.7. The number of nitrogens with one attached hydrogen (secondary N) is 1. The molecule has 1 aromatic rings. The molecule has 0 bridgehead atoms. The van der Waals surface area contributed by atoms with Gasteiger partial charge in [-0.3, -0.25) is 19.9 Å². The van der Waals surface area contributed by atoms with E-state index < -0.39 is 42.1 Å². The highest BCUT2D eigenvalue weighted by Gasteiger charge is 2.48. The molecule has 11 heteroatoms. The van der Waals surface area contributed by atoms with E-state index in [0.717, 1.165) is 5.56 Å². The summed E-state index contributed by atoms with van der Waals surface area (Å²) in [5.41, 5.74) is 12.4. The quantitative estimate of drug-likeness (QED) is 0.285. The number of urea groups is 1. The summed E-state index contributed by atoms with van der Waals surface area (Å²) in [5, 5.41) is 7.55. The predicted octanol–water partition coefficient (Wildman–Crippen LogP) is 2.97. The fourth-order valence-electron chi connectivity index (χ4n) is 4.53. The van der Waals surface area contributed by atoms with Gasteiger partial charge in [-0.15, -0.1) is 0 Å². The van der Waals surface area contributed by atoms with Crippen molar-refractivity contribution in [3.63, 3.8) is 0 Å². The normalized spacial score (nSPS) is 17.6. The Hall–Kier alpha value is -3.08. The van der Waals surface area contributed by atoms with Crippen molar-refractivity contribution in [1.82, 2.24) is 14.7 Å². The molecule has 0 aliphatic carbocycles. The van der Waals surface area contributed by atoms with Crippen molar-refractivity contribution >= 4 is 23.7 Å². The number of carbonyl (C=O) groups is 3. The monoisotopic (exact) mass is 523 g/mol. The lowest BCUT2D eigenvalue weighted by Gasteiger charge is -2.37. The largest absolute Gasteiger partial charge is 0.370 e. The van der Waals surface area contributed by atoms with Crippen molar-refractivity contribution < 1.29 is 24.5 Å². The van der Waals surface area contributed by atoms with Crippen molar-refractivity contribution in [2.45, 2.75) is 82.8 Å². The highest BCUT2D eigenvalue weighted by Crippen LogP contribution is 2.29. The Labute approximate surface area is 219 Å². The fourth-order valence-corrected chi connectivity index (χ4v) is 4.53. The number of benzene rings is 1. The number of hydrogen-bond donors (Lipinski definition) is 3. The number of nitrogens with two attached hydrogens (primary N) is 2. The molecule has 0 radical (unpaired) electrons. The van der Waals surface area contributed by atoms with E-state index in [1.54, 1.807) is 37.3 Å². The summed E-state index contributed by atoms with van der Waals surface area (Å²) in [7, 11) is -0.339. The first kappa shape index (κ1) is 28.5.